The van der Waals surface area contributed by atoms with Gasteiger partial charge in [-0.25, -0.2) is 9.24 Å². The van der Waals surface area contributed by atoms with Crippen molar-refractivity contribution in [3.05, 3.63) is 94.4 Å². The fourth-order valence-electron chi connectivity index (χ4n) is 5.82. The van der Waals surface area contributed by atoms with Crippen LogP contribution in [-0.2, 0) is 17.3 Å². The van der Waals surface area contributed by atoms with Gasteiger partial charge >= 0.3 is 17.7 Å². The molecule has 166 valence electrons. The van der Waals surface area contributed by atoms with E-state index in [2.05, 4.69) is 14.9 Å². The monoisotopic (exact) mass is 462 g/mol. The molecule has 0 amide bonds. The first-order chi connectivity index (χ1) is 16.1. The molecule has 0 N–H and O–H groups in total. The summed E-state index contributed by atoms with van der Waals surface area (Å²) in [4.78, 5) is 7.76. The van der Waals surface area contributed by atoms with Gasteiger partial charge in [-0.3, -0.25) is 4.98 Å². The van der Waals surface area contributed by atoms with Crippen molar-refractivity contribution in [1.82, 2.24) is 14.8 Å². The van der Waals surface area contributed by atoms with Crippen molar-refractivity contribution in [1.29, 1.82) is 0 Å². The Morgan fingerprint density at radius 3 is 2.47 bits per heavy atom. The highest BCUT2D eigenvalue weighted by Crippen LogP contribution is 2.50. The van der Waals surface area contributed by atoms with Gasteiger partial charge in [-0.15, -0.1) is 4.57 Å². The van der Waals surface area contributed by atoms with Gasteiger partial charge in [0.25, 0.3) is 5.69 Å². The van der Waals surface area contributed by atoms with E-state index in [-0.39, 0.29) is 22.6 Å². The molecule has 0 bridgehead atoms. The molecule has 0 radical (unpaired) electrons. The Labute approximate surface area is 190 Å². The molecule has 10 heteroatoms. The Hall–Kier alpha value is -4.13. The number of aromatic nitrogens is 5. The first kappa shape index (κ1) is 19.3. The lowest BCUT2D eigenvalue weighted by atomic mass is 9.80. The van der Waals surface area contributed by atoms with Gasteiger partial charge in [0.15, 0.2) is 11.4 Å². The van der Waals surface area contributed by atoms with E-state index >= 15 is 4.39 Å². The van der Waals surface area contributed by atoms with Crippen LogP contribution in [0.4, 0.5) is 23.2 Å². The van der Waals surface area contributed by atoms with Gasteiger partial charge in [-0.05, 0) is 26.0 Å². The van der Waals surface area contributed by atoms with Crippen LogP contribution in [0.2, 0.25) is 0 Å². The molecule has 0 saturated carbocycles. The predicted molar refractivity (Wildman–Crippen MR) is 109 cm³/mol. The van der Waals surface area contributed by atoms with Crippen molar-refractivity contribution in [2.75, 3.05) is 0 Å². The second-order valence-electron chi connectivity index (χ2n) is 9.15. The summed E-state index contributed by atoms with van der Waals surface area (Å²) in [6, 6.07) is 11.8. The molecule has 3 aliphatic rings. The molecular formula is C24H14F4N6+2. The predicted octanol–water partition coefficient (Wildman–Crippen LogP) is 3.78. The first-order valence-electron chi connectivity index (χ1n) is 10.5. The molecule has 34 heavy (non-hydrogen) atoms. The maximum absolute atomic E-state index is 15.7. The van der Waals surface area contributed by atoms with Crippen LogP contribution in [0.25, 0.3) is 21.9 Å². The van der Waals surface area contributed by atoms with Crippen LogP contribution in [0.15, 0.2) is 48.7 Å². The van der Waals surface area contributed by atoms with E-state index in [1.807, 2.05) is 35.1 Å². The highest BCUT2D eigenvalue weighted by atomic mass is 19.4. The lowest BCUT2D eigenvalue weighted by Crippen LogP contribution is -2.79. The van der Waals surface area contributed by atoms with E-state index in [1.165, 1.54) is 4.68 Å². The van der Waals surface area contributed by atoms with E-state index in [0.717, 1.165) is 23.7 Å². The molecule has 0 saturated heterocycles. The summed E-state index contributed by atoms with van der Waals surface area (Å²) < 4.78 is 62.0. The highest BCUT2D eigenvalue weighted by molar-refractivity contribution is 5.71. The van der Waals surface area contributed by atoms with E-state index < -0.39 is 28.8 Å². The number of alkyl halides is 3. The molecule has 1 atom stereocenters. The van der Waals surface area contributed by atoms with Gasteiger partial charge in [0.05, 0.1) is 6.57 Å². The van der Waals surface area contributed by atoms with Crippen molar-refractivity contribution >= 4 is 5.69 Å². The zero-order valence-corrected chi connectivity index (χ0v) is 17.8. The summed E-state index contributed by atoms with van der Waals surface area (Å²) in [5.41, 5.74) is -0.658. The smallest absolute Gasteiger partial charge is 0.260 e. The van der Waals surface area contributed by atoms with Crippen molar-refractivity contribution in [2.45, 2.75) is 31.1 Å². The highest BCUT2D eigenvalue weighted by Gasteiger charge is 2.74. The SMILES string of the molecule is [C-]#[N+]c1cnc2c(c1F)-c1cccc3[n+]1[C@@]21c2cc(C(F)(F)F)nn2-c2cccc([n+]21)C3(C)C. The van der Waals surface area contributed by atoms with E-state index in [4.69, 9.17) is 6.57 Å². The molecule has 0 fully saturated rings. The van der Waals surface area contributed by atoms with Crippen molar-refractivity contribution in [2.24, 2.45) is 0 Å². The average molecular weight is 462 g/mol. The van der Waals surface area contributed by atoms with Crippen LogP contribution in [0, 0.1) is 12.4 Å². The van der Waals surface area contributed by atoms with E-state index in [0.29, 0.717) is 11.5 Å². The Morgan fingerprint density at radius 2 is 1.76 bits per heavy atom. The van der Waals surface area contributed by atoms with Gasteiger partial charge in [0.2, 0.25) is 17.1 Å². The third-order valence-electron chi connectivity index (χ3n) is 7.17. The molecular weight excluding hydrogens is 448 g/mol. The summed E-state index contributed by atoms with van der Waals surface area (Å²) in [7, 11) is 0. The van der Waals surface area contributed by atoms with E-state index in [9.17, 15) is 13.2 Å². The molecule has 3 aliphatic heterocycles. The summed E-state index contributed by atoms with van der Waals surface area (Å²) in [6.07, 6.45) is -3.51. The van der Waals surface area contributed by atoms with Gasteiger partial charge in [0.1, 0.15) is 22.5 Å². The minimum Gasteiger partial charge on any atom is -0.260 e. The largest absolute Gasteiger partial charge is 0.437 e. The van der Waals surface area contributed by atoms with E-state index in [1.54, 1.807) is 24.3 Å². The average Bonchev–Trinajstić information content (AvgIpc) is 3.44. The van der Waals surface area contributed by atoms with Gasteiger partial charge < -0.3 is 0 Å². The lowest BCUT2D eigenvalue weighted by Gasteiger charge is -2.33. The normalized spacial score (nSPS) is 19.8. The first-order valence-corrected chi connectivity index (χ1v) is 10.5. The number of rotatable bonds is 0. The number of nitrogens with zero attached hydrogens (tertiary/aromatic N) is 6. The minimum absolute atomic E-state index is 0.115. The van der Waals surface area contributed by atoms with Crippen LogP contribution in [0.3, 0.4) is 0 Å². The topological polar surface area (TPSA) is 42.8 Å². The summed E-state index contributed by atoms with van der Waals surface area (Å²) in [5.74, 6) is -0.315. The number of pyridine rings is 3. The molecule has 0 aliphatic carbocycles. The molecule has 6 nitrogen and oxygen atoms in total. The number of halogens is 4. The molecule has 0 aromatic carbocycles. The van der Waals surface area contributed by atoms with Crippen LogP contribution < -0.4 is 9.13 Å². The summed E-state index contributed by atoms with van der Waals surface area (Å²) in [5, 5.41) is 3.92. The van der Waals surface area contributed by atoms with Gasteiger partial charge in [-0.1, -0.05) is 15.8 Å². The van der Waals surface area contributed by atoms with Crippen LogP contribution >= 0.6 is 0 Å². The van der Waals surface area contributed by atoms with Crippen molar-refractivity contribution < 1.29 is 26.7 Å². The quantitative estimate of drug-likeness (QED) is 0.196. The molecule has 7 heterocycles. The standard InChI is InChI=1S/C24H14F4N6/c1-22(2)15-7-4-6-13-19-20(25)12(29-3)11-30-21(19)23(32(13)15)17-10-14(24(26,27)28)31-34(17)18-9-5-8-16(22)33(18)23/h4-11H,1-2H3/q+2/t23-/m1/s1. The lowest BCUT2D eigenvalue weighted by molar-refractivity contribution is -0.973. The third-order valence-corrected chi connectivity index (χ3v) is 7.17. The Kier molecular flexibility index (Phi) is 3.13. The molecule has 4 aromatic heterocycles. The van der Waals surface area contributed by atoms with Crippen LogP contribution in [0.1, 0.15) is 42.3 Å². The molecule has 0 unspecified atom stereocenters. The number of hydrogen-bond donors (Lipinski definition) is 0. The maximum Gasteiger partial charge on any atom is 0.437 e. The summed E-state index contributed by atoms with van der Waals surface area (Å²) in [6.45, 7) is 11.4. The van der Waals surface area contributed by atoms with Crippen LogP contribution in [-0.4, -0.2) is 14.8 Å². The van der Waals surface area contributed by atoms with Gasteiger partial charge in [0, 0.05) is 30.5 Å². The van der Waals surface area contributed by atoms with Crippen molar-refractivity contribution in [3.63, 3.8) is 0 Å². The summed E-state index contributed by atoms with van der Waals surface area (Å²) >= 11 is 0. The Bertz CT molecular complexity index is 1660. The molecule has 4 aromatic rings. The molecule has 7 rings (SSSR count). The third kappa shape index (κ3) is 1.83. The second kappa shape index (κ2) is 5.50. The fourth-order valence-corrected chi connectivity index (χ4v) is 5.82. The number of hydrogen-bond acceptors (Lipinski definition) is 2. The Balaban J connectivity index is 1.76. The van der Waals surface area contributed by atoms with Gasteiger partial charge in [-0.2, -0.15) is 17.7 Å². The second-order valence-corrected chi connectivity index (χ2v) is 9.15. The zero-order chi connectivity index (χ0) is 23.8. The Morgan fingerprint density at radius 1 is 1.06 bits per heavy atom. The minimum atomic E-state index is -4.66. The fraction of sp³-hybridized carbons (Fsp3) is 0.208. The molecule has 1 spiro atoms. The number of fused-ring (bicyclic) bond motifs is 4. The zero-order valence-electron chi connectivity index (χ0n) is 17.8. The maximum atomic E-state index is 15.7. The van der Waals surface area contributed by atoms with Crippen molar-refractivity contribution in [3.8, 4) is 17.1 Å². The van der Waals surface area contributed by atoms with Crippen LogP contribution in [0.5, 0.6) is 0 Å².